The monoisotopic (exact) mass is 427 g/mol. The molecule has 2 amide bonds. The number of hydrogen-bond acceptors (Lipinski definition) is 6. The van der Waals surface area contributed by atoms with Gasteiger partial charge in [-0.1, -0.05) is 22.9 Å². The lowest BCUT2D eigenvalue weighted by Crippen LogP contribution is -2.45. The van der Waals surface area contributed by atoms with Gasteiger partial charge in [0.1, 0.15) is 0 Å². The van der Waals surface area contributed by atoms with Crippen molar-refractivity contribution in [3.8, 4) is 5.69 Å². The number of rotatable bonds is 6. The van der Waals surface area contributed by atoms with Crippen molar-refractivity contribution in [2.24, 2.45) is 5.92 Å². The molecule has 2 heterocycles. The lowest BCUT2D eigenvalue weighted by atomic mass is 9.97. The van der Waals surface area contributed by atoms with Crippen LogP contribution >= 0.6 is 0 Å². The van der Waals surface area contributed by atoms with Gasteiger partial charge in [0.2, 0.25) is 5.91 Å². The van der Waals surface area contributed by atoms with Crippen LogP contribution in [0.15, 0.2) is 24.3 Å². The minimum absolute atomic E-state index is 0.0558. The van der Waals surface area contributed by atoms with E-state index in [4.69, 9.17) is 4.74 Å². The van der Waals surface area contributed by atoms with Crippen LogP contribution in [0.2, 0.25) is 0 Å². The Hall–Kier alpha value is -3.23. The van der Waals surface area contributed by atoms with Crippen molar-refractivity contribution in [1.82, 2.24) is 24.8 Å². The average Bonchev–Trinajstić information content (AvgIpc) is 3.15. The van der Waals surface area contributed by atoms with Crippen molar-refractivity contribution in [3.05, 3.63) is 41.2 Å². The first-order valence-electron chi connectivity index (χ1n) is 10.5. The summed E-state index contributed by atoms with van der Waals surface area (Å²) in [5, 5.41) is 8.16. The summed E-state index contributed by atoms with van der Waals surface area (Å²) in [6.45, 7) is 6.82. The minimum atomic E-state index is -0.356. The van der Waals surface area contributed by atoms with Crippen LogP contribution in [0.4, 0.5) is 0 Å². The third-order valence-corrected chi connectivity index (χ3v) is 5.56. The summed E-state index contributed by atoms with van der Waals surface area (Å²) in [6, 6.07) is 7.76. The predicted molar refractivity (Wildman–Crippen MR) is 114 cm³/mol. The maximum Gasteiger partial charge on any atom is 0.309 e. The highest BCUT2D eigenvalue weighted by molar-refractivity contribution is 5.95. The van der Waals surface area contributed by atoms with E-state index in [9.17, 15) is 14.4 Å². The summed E-state index contributed by atoms with van der Waals surface area (Å²) in [6.07, 6.45) is 1.15. The first kappa shape index (κ1) is 22.5. The molecule has 2 aromatic rings. The summed E-state index contributed by atoms with van der Waals surface area (Å²) in [5.74, 6) is -0.871. The van der Waals surface area contributed by atoms with Crippen LogP contribution in [0.3, 0.4) is 0 Å². The summed E-state index contributed by atoms with van der Waals surface area (Å²) >= 11 is 0. The minimum Gasteiger partial charge on any atom is -0.466 e. The molecule has 1 aromatic carbocycles. The molecule has 1 aliphatic rings. The molecular formula is C22H29N5O4. The standard InChI is InChI=1S/C22H29N5O4/c1-5-31-22(30)17-10-12-26(13-11-17)19(28)14-25(4)21(29)20-16(3)27(24-23-20)18-8-6-15(2)7-9-18/h6-9,17H,5,10-14H2,1-4H3. The zero-order valence-corrected chi connectivity index (χ0v) is 18.5. The van der Waals surface area contributed by atoms with E-state index in [1.165, 1.54) is 4.90 Å². The summed E-state index contributed by atoms with van der Waals surface area (Å²) in [5.41, 5.74) is 2.78. The number of hydrogen-bond donors (Lipinski definition) is 0. The van der Waals surface area contributed by atoms with Crippen molar-refractivity contribution in [1.29, 1.82) is 0 Å². The third kappa shape index (κ3) is 5.10. The molecule has 0 unspecified atom stereocenters. The molecule has 0 spiro atoms. The van der Waals surface area contributed by atoms with Crippen LogP contribution in [-0.4, -0.2) is 75.9 Å². The Kier molecular flexibility index (Phi) is 7.04. The van der Waals surface area contributed by atoms with Crippen LogP contribution in [0, 0.1) is 19.8 Å². The smallest absolute Gasteiger partial charge is 0.309 e. The molecule has 1 aliphatic heterocycles. The van der Waals surface area contributed by atoms with Gasteiger partial charge in [-0.15, -0.1) is 5.10 Å². The molecule has 0 N–H and O–H groups in total. The van der Waals surface area contributed by atoms with Crippen molar-refractivity contribution in [2.45, 2.75) is 33.6 Å². The lowest BCUT2D eigenvalue weighted by molar-refractivity contribution is -0.151. The van der Waals surface area contributed by atoms with Crippen LogP contribution in [0.5, 0.6) is 0 Å². The van der Waals surface area contributed by atoms with Crippen molar-refractivity contribution in [2.75, 3.05) is 33.3 Å². The topological polar surface area (TPSA) is 97.6 Å². The lowest BCUT2D eigenvalue weighted by Gasteiger charge is -2.32. The number of piperidine rings is 1. The molecule has 0 bridgehead atoms. The van der Waals surface area contributed by atoms with Gasteiger partial charge in [0.25, 0.3) is 5.91 Å². The fraction of sp³-hybridized carbons (Fsp3) is 0.500. The van der Waals surface area contributed by atoms with Crippen LogP contribution in [0.1, 0.15) is 41.5 Å². The average molecular weight is 428 g/mol. The Balaban J connectivity index is 1.59. The number of nitrogens with zero attached hydrogens (tertiary/aromatic N) is 5. The molecule has 166 valence electrons. The summed E-state index contributed by atoms with van der Waals surface area (Å²) in [4.78, 5) is 40.4. The molecule has 0 atom stereocenters. The molecule has 1 fully saturated rings. The van der Waals surface area contributed by atoms with E-state index < -0.39 is 0 Å². The number of benzene rings is 1. The van der Waals surface area contributed by atoms with Crippen molar-refractivity contribution in [3.63, 3.8) is 0 Å². The maximum atomic E-state index is 12.9. The zero-order chi connectivity index (χ0) is 22.5. The molecule has 0 aliphatic carbocycles. The number of ether oxygens (including phenoxy) is 1. The maximum absolute atomic E-state index is 12.9. The van der Waals surface area contributed by atoms with Gasteiger partial charge in [-0.3, -0.25) is 14.4 Å². The molecule has 9 heteroatoms. The molecule has 0 radical (unpaired) electrons. The second-order valence-electron chi connectivity index (χ2n) is 7.84. The Morgan fingerprint density at radius 2 is 1.77 bits per heavy atom. The highest BCUT2D eigenvalue weighted by Gasteiger charge is 2.30. The Morgan fingerprint density at radius 3 is 2.39 bits per heavy atom. The van der Waals surface area contributed by atoms with E-state index in [-0.39, 0.29) is 35.9 Å². The van der Waals surface area contributed by atoms with Gasteiger partial charge < -0.3 is 14.5 Å². The first-order chi connectivity index (χ1) is 14.8. The van der Waals surface area contributed by atoms with E-state index in [2.05, 4.69) is 10.3 Å². The first-order valence-corrected chi connectivity index (χ1v) is 10.5. The van der Waals surface area contributed by atoms with Crippen LogP contribution in [0.25, 0.3) is 5.69 Å². The van der Waals surface area contributed by atoms with E-state index in [1.807, 2.05) is 31.2 Å². The van der Waals surface area contributed by atoms with Gasteiger partial charge in [0.05, 0.1) is 30.5 Å². The number of carbonyl (C=O) groups excluding carboxylic acids is 3. The Labute approximate surface area is 182 Å². The fourth-order valence-electron chi connectivity index (χ4n) is 3.64. The number of likely N-dealkylation sites (N-methyl/N-ethyl adjacent to an activating group) is 1. The van der Waals surface area contributed by atoms with Gasteiger partial charge >= 0.3 is 5.97 Å². The predicted octanol–water partition coefficient (Wildman–Crippen LogP) is 1.76. The number of amides is 2. The number of aryl methyl sites for hydroxylation is 1. The highest BCUT2D eigenvalue weighted by Crippen LogP contribution is 2.19. The molecule has 0 saturated carbocycles. The van der Waals surface area contributed by atoms with Gasteiger partial charge in [0, 0.05) is 20.1 Å². The Morgan fingerprint density at radius 1 is 1.13 bits per heavy atom. The normalized spacial score (nSPS) is 14.4. The summed E-state index contributed by atoms with van der Waals surface area (Å²) in [7, 11) is 1.58. The molecule has 9 nitrogen and oxygen atoms in total. The van der Waals surface area contributed by atoms with E-state index >= 15 is 0 Å². The van der Waals surface area contributed by atoms with E-state index in [0.29, 0.717) is 38.2 Å². The van der Waals surface area contributed by atoms with Gasteiger partial charge in [-0.05, 0) is 45.7 Å². The SMILES string of the molecule is CCOC(=O)C1CCN(C(=O)CN(C)C(=O)c2nnn(-c3ccc(C)cc3)c2C)CC1. The van der Waals surface area contributed by atoms with E-state index in [1.54, 1.807) is 30.5 Å². The number of carbonyl (C=O) groups is 3. The van der Waals surface area contributed by atoms with Gasteiger partial charge in [0.15, 0.2) is 5.69 Å². The summed E-state index contributed by atoms with van der Waals surface area (Å²) < 4.78 is 6.68. The molecular weight excluding hydrogens is 398 g/mol. The van der Waals surface area contributed by atoms with Crippen molar-refractivity contribution >= 4 is 17.8 Å². The molecule has 31 heavy (non-hydrogen) atoms. The number of aromatic nitrogens is 3. The van der Waals surface area contributed by atoms with Crippen LogP contribution < -0.4 is 0 Å². The fourth-order valence-corrected chi connectivity index (χ4v) is 3.64. The second-order valence-corrected chi connectivity index (χ2v) is 7.84. The molecule has 1 aromatic heterocycles. The zero-order valence-electron chi connectivity index (χ0n) is 18.5. The largest absolute Gasteiger partial charge is 0.466 e. The Bertz CT molecular complexity index is 945. The number of likely N-dealkylation sites (tertiary alicyclic amines) is 1. The van der Waals surface area contributed by atoms with Crippen LogP contribution in [-0.2, 0) is 14.3 Å². The van der Waals surface area contributed by atoms with Gasteiger partial charge in [-0.25, -0.2) is 4.68 Å². The number of esters is 1. The molecule has 1 saturated heterocycles. The quantitative estimate of drug-likeness (QED) is 0.652. The second kappa shape index (κ2) is 9.72. The molecule has 3 rings (SSSR count). The third-order valence-electron chi connectivity index (χ3n) is 5.56. The van der Waals surface area contributed by atoms with Gasteiger partial charge in [-0.2, -0.15) is 0 Å². The van der Waals surface area contributed by atoms with Crippen molar-refractivity contribution < 1.29 is 19.1 Å². The van der Waals surface area contributed by atoms with E-state index in [0.717, 1.165) is 11.3 Å². The highest BCUT2D eigenvalue weighted by atomic mass is 16.5.